The lowest BCUT2D eigenvalue weighted by atomic mass is 10.0. The van der Waals surface area contributed by atoms with Gasteiger partial charge in [-0.3, -0.25) is 0 Å². The molecule has 0 fully saturated rings. The topological polar surface area (TPSA) is 20.2 Å². The van der Waals surface area contributed by atoms with Crippen molar-refractivity contribution >= 4 is 45.8 Å². The Balaban J connectivity index is 2.23. The van der Waals surface area contributed by atoms with Crippen LogP contribution in [-0.2, 0) is 6.42 Å². The quantitative estimate of drug-likeness (QED) is 0.705. The van der Waals surface area contributed by atoms with Gasteiger partial charge >= 0.3 is 0 Å². The molecule has 5 heteroatoms. The van der Waals surface area contributed by atoms with Crippen molar-refractivity contribution in [2.45, 2.75) is 12.5 Å². The number of benzene rings is 2. The minimum Gasteiger partial charge on any atom is -0.388 e. The SMILES string of the molecule is OC(Cc1cccc(Cl)c1F)c1ccc(I)c(Cl)c1. The number of aliphatic hydroxyl groups excluding tert-OH is 1. The van der Waals surface area contributed by atoms with Crippen molar-refractivity contribution in [1.29, 1.82) is 0 Å². The molecule has 0 saturated heterocycles. The summed E-state index contributed by atoms with van der Waals surface area (Å²) in [4.78, 5) is 0. The smallest absolute Gasteiger partial charge is 0.145 e. The highest BCUT2D eigenvalue weighted by molar-refractivity contribution is 14.1. The van der Waals surface area contributed by atoms with Crippen LogP contribution < -0.4 is 0 Å². The largest absolute Gasteiger partial charge is 0.388 e. The van der Waals surface area contributed by atoms with E-state index in [0.29, 0.717) is 16.1 Å². The first-order chi connectivity index (χ1) is 8.99. The Hall–Kier alpha value is -0.360. The van der Waals surface area contributed by atoms with Crippen LogP contribution in [0.3, 0.4) is 0 Å². The van der Waals surface area contributed by atoms with E-state index in [-0.39, 0.29) is 11.4 Å². The Morgan fingerprint density at radius 2 is 1.89 bits per heavy atom. The van der Waals surface area contributed by atoms with Gasteiger partial charge in [0.1, 0.15) is 5.82 Å². The normalized spacial score (nSPS) is 12.5. The third kappa shape index (κ3) is 3.60. The molecule has 1 N–H and O–H groups in total. The number of hydrogen-bond donors (Lipinski definition) is 1. The Labute approximate surface area is 134 Å². The van der Waals surface area contributed by atoms with Gasteiger partial charge in [0.05, 0.1) is 16.1 Å². The maximum atomic E-state index is 13.8. The molecule has 1 unspecified atom stereocenters. The highest BCUT2D eigenvalue weighted by atomic mass is 127. The number of aliphatic hydroxyl groups is 1. The van der Waals surface area contributed by atoms with Crippen LogP contribution in [0.1, 0.15) is 17.2 Å². The molecule has 0 aliphatic heterocycles. The van der Waals surface area contributed by atoms with Gasteiger partial charge in [-0.25, -0.2) is 4.39 Å². The number of halogens is 4. The highest BCUT2D eigenvalue weighted by Gasteiger charge is 2.14. The molecular formula is C14H10Cl2FIO. The summed E-state index contributed by atoms with van der Waals surface area (Å²) >= 11 is 13.8. The molecule has 0 amide bonds. The summed E-state index contributed by atoms with van der Waals surface area (Å²) in [5.41, 5.74) is 1.04. The van der Waals surface area contributed by atoms with Gasteiger partial charge in [0.15, 0.2) is 0 Å². The van der Waals surface area contributed by atoms with Gasteiger partial charge in [0, 0.05) is 9.99 Å². The summed E-state index contributed by atoms with van der Waals surface area (Å²) in [6, 6.07) is 10.0. The molecule has 0 heterocycles. The summed E-state index contributed by atoms with van der Waals surface area (Å²) in [6.07, 6.45) is -0.661. The van der Waals surface area contributed by atoms with E-state index in [0.717, 1.165) is 3.57 Å². The van der Waals surface area contributed by atoms with Gasteiger partial charge in [0.25, 0.3) is 0 Å². The molecule has 19 heavy (non-hydrogen) atoms. The van der Waals surface area contributed by atoms with Gasteiger partial charge in [-0.2, -0.15) is 0 Å². The van der Waals surface area contributed by atoms with Crippen LogP contribution in [0.15, 0.2) is 36.4 Å². The summed E-state index contributed by atoms with van der Waals surface area (Å²) in [5.74, 6) is -0.486. The van der Waals surface area contributed by atoms with Crippen molar-refractivity contribution in [2.75, 3.05) is 0 Å². The lowest BCUT2D eigenvalue weighted by Crippen LogP contribution is -2.04. The molecule has 0 aliphatic rings. The van der Waals surface area contributed by atoms with Crippen LogP contribution >= 0.6 is 45.8 Å². The predicted octanol–water partition coefficient (Wildman–Crippen LogP) is 5.01. The van der Waals surface area contributed by atoms with Crippen LogP contribution in [0.25, 0.3) is 0 Å². The van der Waals surface area contributed by atoms with Gasteiger partial charge in [-0.1, -0.05) is 41.4 Å². The van der Waals surface area contributed by atoms with E-state index < -0.39 is 11.9 Å². The van der Waals surface area contributed by atoms with Gasteiger partial charge in [-0.05, 0) is 51.9 Å². The van der Waals surface area contributed by atoms with Crippen LogP contribution in [0.4, 0.5) is 4.39 Å². The van der Waals surface area contributed by atoms with Gasteiger partial charge < -0.3 is 5.11 Å². The van der Waals surface area contributed by atoms with Crippen LogP contribution in [0, 0.1) is 9.39 Å². The first-order valence-corrected chi connectivity index (χ1v) is 7.38. The van der Waals surface area contributed by atoms with Crippen molar-refractivity contribution < 1.29 is 9.50 Å². The molecule has 1 atom stereocenters. The van der Waals surface area contributed by atoms with E-state index in [9.17, 15) is 9.50 Å². The Morgan fingerprint density at radius 3 is 2.58 bits per heavy atom. The zero-order valence-corrected chi connectivity index (χ0v) is 13.4. The van der Waals surface area contributed by atoms with Crippen LogP contribution in [-0.4, -0.2) is 5.11 Å². The zero-order chi connectivity index (χ0) is 14.0. The molecule has 0 spiro atoms. The third-order valence-electron chi connectivity index (χ3n) is 2.77. The first kappa shape index (κ1) is 15.0. The van der Waals surface area contributed by atoms with Crippen molar-refractivity contribution in [3.63, 3.8) is 0 Å². The Bertz CT molecular complexity index is 604. The second kappa shape index (κ2) is 6.39. The average molecular weight is 411 g/mol. The zero-order valence-electron chi connectivity index (χ0n) is 9.71. The standard InChI is InChI=1S/C14H10Cl2FIO/c15-10-3-1-2-9(14(10)17)7-13(19)8-4-5-12(18)11(16)6-8/h1-6,13,19H,7H2. The van der Waals surface area contributed by atoms with Crippen molar-refractivity contribution in [3.8, 4) is 0 Å². The average Bonchev–Trinajstić information content (AvgIpc) is 2.38. The van der Waals surface area contributed by atoms with Gasteiger partial charge in [0.2, 0.25) is 0 Å². The van der Waals surface area contributed by atoms with Crippen molar-refractivity contribution in [1.82, 2.24) is 0 Å². The summed E-state index contributed by atoms with van der Waals surface area (Å²) < 4.78 is 14.7. The molecule has 0 aromatic heterocycles. The summed E-state index contributed by atoms with van der Waals surface area (Å²) in [5, 5.41) is 10.8. The predicted molar refractivity (Wildman–Crippen MR) is 84.2 cm³/mol. The minimum atomic E-state index is -0.817. The van der Waals surface area contributed by atoms with E-state index in [1.54, 1.807) is 24.3 Å². The third-order valence-corrected chi connectivity index (χ3v) is 4.64. The molecule has 100 valence electrons. The van der Waals surface area contributed by atoms with Crippen LogP contribution in [0.2, 0.25) is 10.0 Å². The summed E-state index contributed by atoms with van der Waals surface area (Å²) in [6.45, 7) is 0. The van der Waals surface area contributed by atoms with Gasteiger partial charge in [-0.15, -0.1) is 0 Å². The lowest BCUT2D eigenvalue weighted by molar-refractivity contribution is 0.177. The fourth-order valence-electron chi connectivity index (χ4n) is 1.75. The molecule has 0 aliphatic carbocycles. The monoisotopic (exact) mass is 410 g/mol. The number of rotatable bonds is 3. The molecule has 2 aromatic carbocycles. The maximum Gasteiger partial charge on any atom is 0.145 e. The van der Waals surface area contributed by atoms with Crippen LogP contribution in [0.5, 0.6) is 0 Å². The fourth-order valence-corrected chi connectivity index (χ4v) is 2.47. The fraction of sp³-hybridized carbons (Fsp3) is 0.143. The van der Waals surface area contributed by atoms with E-state index in [1.807, 2.05) is 6.07 Å². The number of hydrogen-bond acceptors (Lipinski definition) is 1. The maximum absolute atomic E-state index is 13.8. The first-order valence-electron chi connectivity index (χ1n) is 5.55. The Kier molecular flexibility index (Phi) is 5.06. The second-order valence-electron chi connectivity index (χ2n) is 4.11. The summed E-state index contributed by atoms with van der Waals surface area (Å²) in [7, 11) is 0. The lowest BCUT2D eigenvalue weighted by Gasteiger charge is -2.13. The van der Waals surface area contributed by atoms with E-state index in [1.165, 1.54) is 6.07 Å². The van der Waals surface area contributed by atoms with Crippen molar-refractivity contribution in [3.05, 3.63) is 67.0 Å². The second-order valence-corrected chi connectivity index (χ2v) is 6.08. The molecule has 1 nitrogen and oxygen atoms in total. The molecule has 0 saturated carbocycles. The van der Waals surface area contributed by atoms with E-state index in [4.69, 9.17) is 23.2 Å². The highest BCUT2D eigenvalue weighted by Crippen LogP contribution is 2.27. The van der Waals surface area contributed by atoms with E-state index in [2.05, 4.69) is 22.6 Å². The molecular weight excluding hydrogens is 401 g/mol. The minimum absolute atomic E-state index is 0.0605. The molecule has 2 aromatic rings. The van der Waals surface area contributed by atoms with Crippen molar-refractivity contribution in [2.24, 2.45) is 0 Å². The molecule has 2 rings (SSSR count). The molecule has 0 radical (unpaired) electrons. The van der Waals surface area contributed by atoms with E-state index >= 15 is 0 Å². The Morgan fingerprint density at radius 1 is 1.16 bits per heavy atom. The molecule has 0 bridgehead atoms.